The van der Waals surface area contributed by atoms with Crippen LogP contribution in [0.4, 0.5) is 0 Å². The van der Waals surface area contributed by atoms with Crippen LogP contribution in [0.25, 0.3) is 0 Å². The minimum Gasteiger partial charge on any atom is -0.342 e. The molecule has 2 aromatic carbocycles. The number of amides is 2. The Bertz CT molecular complexity index is 1270. The predicted octanol–water partition coefficient (Wildman–Crippen LogP) is 5.23. The van der Waals surface area contributed by atoms with Crippen LogP contribution in [0.3, 0.4) is 0 Å². The van der Waals surface area contributed by atoms with Gasteiger partial charge in [0.15, 0.2) is 0 Å². The zero-order valence-corrected chi connectivity index (χ0v) is 21.0. The molecular weight excluding hydrogens is 470 g/mol. The van der Waals surface area contributed by atoms with Crippen LogP contribution >= 0.6 is 11.6 Å². The molecule has 3 aliphatic rings. The lowest BCUT2D eigenvalue weighted by Gasteiger charge is -2.42. The first kappa shape index (κ1) is 23.2. The van der Waals surface area contributed by atoms with E-state index in [2.05, 4.69) is 29.2 Å². The molecule has 3 heterocycles. The summed E-state index contributed by atoms with van der Waals surface area (Å²) >= 11 is 6.03. The molecule has 0 bridgehead atoms. The number of nitrogens with zero attached hydrogens (tertiary/aromatic N) is 3. The van der Waals surface area contributed by atoms with Crippen molar-refractivity contribution in [2.75, 3.05) is 13.1 Å². The van der Waals surface area contributed by atoms with Gasteiger partial charge in [-0.2, -0.15) is 0 Å². The van der Waals surface area contributed by atoms with Crippen molar-refractivity contribution < 1.29 is 9.59 Å². The van der Waals surface area contributed by atoms with E-state index >= 15 is 0 Å². The van der Waals surface area contributed by atoms with Gasteiger partial charge in [-0.05, 0) is 78.1 Å². The molecule has 2 fully saturated rings. The van der Waals surface area contributed by atoms with E-state index in [0.717, 1.165) is 23.4 Å². The van der Waals surface area contributed by atoms with Crippen LogP contribution in [0.1, 0.15) is 47.4 Å². The van der Waals surface area contributed by atoms with Gasteiger partial charge in [0, 0.05) is 49.5 Å². The monoisotopic (exact) mass is 499 g/mol. The molecule has 6 heteroatoms. The third kappa shape index (κ3) is 4.41. The number of benzene rings is 2. The second-order valence-corrected chi connectivity index (χ2v) is 11.0. The Morgan fingerprint density at radius 3 is 2.39 bits per heavy atom. The molecule has 2 amide bonds. The number of rotatable bonds is 4. The van der Waals surface area contributed by atoms with Crippen molar-refractivity contribution in [2.24, 2.45) is 11.3 Å². The van der Waals surface area contributed by atoms with Gasteiger partial charge < -0.3 is 9.80 Å². The van der Waals surface area contributed by atoms with E-state index in [-0.39, 0.29) is 23.7 Å². The van der Waals surface area contributed by atoms with Crippen molar-refractivity contribution in [1.82, 2.24) is 14.8 Å². The number of fused-ring (bicyclic) bond motifs is 1. The summed E-state index contributed by atoms with van der Waals surface area (Å²) < 4.78 is 0. The molecule has 1 spiro atoms. The Morgan fingerprint density at radius 1 is 0.972 bits per heavy atom. The van der Waals surface area contributed by atoms with E-state index < -0.39 is 5.41 Å². The van der Waals surface area contributed by atoms with Crippen LogP contribution in [-0.2, 0) is 29.1 Å². The van der Waals surface area contributed by atoms with Gasteiger partial charge in [-0.3, -0.25) is 14.6 Å². The van der Waals surface area contributed by atoms with Crippen LogP contribution in [0, 0.1) is 11.3 Å². The van der Waals surface area contributed by atoms with Crippen LogP contribution in [0.15, 0.2) is 73.1 Å². The highest BCUT2D eigenvalue weighted by Gasteiger charge is 2.50. The number of hydrogen-bond acceptors (Lipinski definition) is 3. The minimum atomic E-state index is -0.463. The third-order valence-electron chi connectivity index (χ3n) is 8.31. The molecule has 2 aliphatic heterocycles. The number of carbonyl (C=O) groups is 2. The number of aromatic nitrogens is 1. The summed E-state index contributed by atoms with van der Waals surface area (Å²) in [6.45, 7) is 2.47. The second-order valence-electron chi connectivity index (χ2n) is 10.6. The summed E-state index contributed by atoms with van der Waals surface area (Å²) in [4.78, 5) is 35.5. The van der Waals surface area contributed by atoms with E-state index in [4.69, 9.17) is 11.6 Å². The molecule has 2 atom stereocenters. The Balaban J connectivity index is 1.18. The number of carbonyl (C=O) groups excluding carboxylic acids is 2. The summed E-state index contributed by atoms with van der Waals surface area (Å²) in [5.41, 5.74) is 4.29. The first-order valence-corrected chi connectivity index (χ1v) is 13.2. The number of piperidine rings is 1. The lowest BCUT2D eigenvalue weighted by atomic mass is 9.72. The molecule has 0 radical (unpaired) electrons. The molecule has 36 heavy (non-hydrogen) atoms. The molecule has 1 saturated heterocycles. The molecule has 3 aromatic rings. The van der Waals surface area contributed by atoms with Crippen molar-refractivity contribution >= 4 is 23.4 Å². The highest BCUT2D eigenvalue weighted by atomic mass is 35.5. The van der Waals surface area contributed by atoms with Crippen molar-refractivity contribution in [3.8, 4) is 0 Å². The third-order valence-corrected chi connectivity index (χ3v) is 8.56. The predicted molar refractivity (Wildman–Crippen MR) is 139 cm³/mol. The Labute approximate surface area is 217 Å². The first-order valence-electron chi connectivity index (χ1n) is 12.8. The normalized spacial score (nSPS) is 22.8. The van der Waals surface area contributed by atoms with Gasteiger partial charge in [-0.15, -0.1) is 0 Å². The summed E-state index contributed by atoms with van der Waals surface area (Å²) in [5, 5.41) is 0.719. The van der Waals surface area contributed by atoms with Crippen molar-refractivity contribution in [2.45, 2.75) is 44.7 Å². The largest absolute Gasteiger partial charge is 0.342 e. The Hall–Kier alpha value is -3.18. The van der Waals surface area contributed by atoms with E-state index in [1.807, 2.05) is 46.2 Å². The van der Waals surface area contributed by atoms with Gasteiger partial charge in [0.05, 0.1) is 5.41 Å². The van der Waals surface area contributed by atoms with Crippen LogP contribution in [0.2, 0.25) is 5.02 Å². The molecule has 184 valence electrons. The summed E-state index contributed by atoms with van der Waals surface area (Å²) in [6, 6.07) is 20.2. The zero-order chi connectivity index (χ0) is 24.7. The number of hydrogen-bond donors (Lipinski definition) is 0. The van der Waals surface area contributed by atoms with Gasteiger partial charge >= 0.3 is 0 Å². The molecule has 1 aliphatic carbocycles. The van der Waals surface area contributed by atoms with Crippen molar-refractivity contribution in [1.29, 1.82) is 0 Å². The van der Waals surface area contributed by atoms with Gasteiger partial charge in [-0.25, -0.2) is 0 Å². The zero-order valence-electron chi connectivity index (χ0n) is 20.3. The van der Waals surface area contributed by atoms with E-state index in [0.29, 0.717) is 39.0 Å². The lowest BCUT2D eigenvalue weighted by molar-refractivity contribution is -0.149. The average molecular weight is 500 g/mol. The SMILES string of the molecule is O=C([C@H]1C[C@@H]1c1ccc(Cl)cc1)N1CCC2(CC1)Cc1ccccc1CN(Cc1ccncc1)C2=O. The van der Waals surface area contributed by atoms with E-state index in [1.165, 1.54) is 16.7 Å². The fraction of sp³-hybridized carbons (Fsp3) is 0.367. The number of likely N-dealkylation sites (tertiary alicyclic amines) is 1. The number of pyridine rings is 1. The average Bonchev–Trinajstić information content (AvgIpc) is 3.72. The Kier molecular flexibility index (Phi) is 6.04. The molecular formula is C30H30ClN3O2. The second kappa shape index (κ2) is 9.36. The standard InChI is InChI=1S/C30H30ClN3O2/c31-25-7-5-22(6-8-25)26-17-27(26)28(35)33-15-11-30(12-16-33)18-23-3-1-2-4-24(23)20-34(29(30)36)19-21-9-13-32-14-10-21/h1-10,13-14,26-27H,11-12,15-20H2/t26-,27+/m1/s1. The van der Waals surface area contributed by atoms with Gasteiger partial charge in [0.2, 0.25) is 11.8 Å². The summed E-state index contributed by atoms with van der Waals surface area (Å²) in [6.07, 6.45) is 6.61. The van der Waals surface area contributed by atoms with E-state index in [1.54, 1.807) is 12.4 Å². The molecule has 1 saturated carbocycles. The highest BCUT2D eigenvalue weighted by molar-refractivity contribution is 6.30. The lowest BCUT2D eigenvalue weighted by Crippen LogP contribution is -2.51. The van der Waals surface area contributed by atoms with Crippen LogP contribution < -0.4 is 0 Å². The quantitative estimate of drug-likeness (QED) is 0.493. The molecule has 1 aromatic heterocycles. The van der Waals surface area contributed by atoms with Crippen LogP contribution in [-0.4, -0.2) is 39.7 Å². The van der Waals surface area contributed by atoms with Crippen LogP contribution in [0.5, 0.6) is 0 Å². The maximum Gasteiger partial charge on any atom is 0.229 e. The molecule has 5 nitrogen and oxygen atoms in total. The fourth-order valence-electron chi connectivity index (χ4n) is 6.10. The minimum absolute atomic E-state index is 0.0500. The first-order chi connectivity index (χ1) is 17.5. The topological polar surface area (TPSA) is 53.5 Å². The molecule has 0 N–H and O–H groups in total. The van der Waals surface area contributed by atoms with E-state index in [9.17, 15) is 9.59 Å². The van der Waals surface area contributed by atoms with Gasteiger partial charge in [-0.1, -0.05) is 48.0 Å². The molecule has 0 unspecified atom stereocenters. The summed E-state index contributed by atoms with van der Waals surface area (Å²) in [5.74, 6) is 0.787. The fourth-order valence-corrected chi connectivity index (χ4v) is 6.23. The van der Waals surface area contributed by atoms with Crippen molar-refractivity contribution in [3.63, 3.8) is 0 Å². The maximum atomic E-state index is 14.1. The van der Waals surface area contributed by atoms with Crippen molar-refractivity contribution in [3.05, 3.63) is 100 Å². The number of halogens is 1. The Morgan fingerprint density at radius 2 is 1.67 bits per heavy atom. The smallest absolute Gasteiger partial charge is 0.229 e. The van der Waals surface area contributed by atoms with Gasteiger partial charge in [0.25, 0.3) is 0 Å². The van der Waals surface area contributed by atoms with Gasteiger partial charge in [0.1, 0.15) is 0 Å². The summed E-state index contributed by atoms with van der Waals surface area (Å²) in [7, 11) is 0. The highest BCUT2D eigenvalue weighted by Crippen LogP contribution is 2.49. The molecule has 6 rings (SSSR count). The maximum absolute atomic E-state index is 14.1.